The minimum absolute atomic E-state index is 0.00418. The zero-order chi connectivity index (χ0) is 27.6. The smallest absolute Gasteiger partial charge is 0.406 e. The summed E-state index contributed by atoms with van der Waals surface area (Å²) in [7, 11) is 1.37. The van der Waals surface area contributed by atoms with Crippen LogP contribution in [-0.4, -0.2) is 83.3 Å². The lowest BCUT2D eigenvalue weighted by atomic mass is 9.77. The second-order valence-corrected chi connectivity index (χ2v) is 10.0. The summed E-state index contributed by atoms with van der Waals surface area (Å²) in [5, 5.41) is 32.8. The van der Waals surface area contributed by atoms with Crippen molar-refractivity contribution in [1.82, 2.24) is 10.2 Å². The monoisotopic (exact) mass is 542 g/mol. The molecule has 1 saturated carbocycles. The molecule has 1 aromatic rings. The van der Waals surface area contributed by atoms with Crippen molar-refractivity contribution in [3.05, 3.63) is 34.9 Å². The van der Waals surface area contributed by atoms with Gasteiger partial charge in [0.05, 0.1) is 32.3 Å². The van der Waals surface area contributed by atoms with Crippen LogP contribution in [-0.2, 0) is 16.2 Å². The number of ether oxygens (including phenoxy) is 2. The van der Waals surface area contributed by atoms with Gasteiger partial charge >= 0.3 is 6.18 Å². The molecule has 3 aliphatic rings. The quantitative estimate of drug-likeness (QED) is 0.375. The van der Waals surface area contributed by atoms with Crippen LogP contribution in [0.2, 0.25) is 0 Å². The third-order valence-corrected chi connectivity index (χ3v) is 7.46. The molecule has 210 valence electrons. The molecule has 0 saturated heterocycles. The number of nitrogens with zero attached hydrogens (tertiary/aromatic N) is 1. The molecular weight excluding hydrogens is 509 g/mol. The van der Waals surface area contributed by atoms with Crippen molar-refractivity contribution in [2.24, 2.45) is 5.92 Å². The van der Waals surface area contributed by atoms with Gasteiger partial charge in [0.1, 0.15) is 18.8 Å². The molecule has 0 bridgehead atoms. The van der Waals surface area contributed by atoms with Crippen molar-refractivity contribution in [1.29, 1.82) is 0 Å². The number of aliphatic hydroxyl groups excluding tert-OH is 3. The van der Waals surface area contributed by atoms with Crippen LogP contribution in [0.15, 0.2) is 23.8 Å². The minimum Gasteiger partial charge on any atom is -0.493 e. The Balaban J connectivity index is 1.77. The zero-order valence-corrected chi connectivity index (χ0v) is 21.0. The number of rotatable bonds is 9. The molecule has 4 rings (SSSR count). The van der Waals surface area contributed by atoms with Gasteiger partial charge in [-0.25, -0.2) is 0 Å². The van der Waals surface area contributed by atoms with E-state index in [2.05, 4.69) is 5.32 Å². The van der Waals surface area contributed by atoms with Crippen molar-refractivity contribution in [3.63, 3.8) is 0 Å². The van der Waals surface area contributed by atoms with Gasteiger partial charge in [0.2, 0.25) is 11.8 Å². The summed E-state index contributed by atoms with van der Waals surface area (Å²) < 4.78 is 52.4. The first-order chi connectivity index (χ1) is 18.1. The fourth-order valence-electron chi connectivity index (χ4n) is 5.75. The van der Waals surface area contributed by atoms with E-state index in [1.165, 1.54) is 19.3 Å². The number of hydrogen-bond donors (Lipinski definition) is 4. The van der Waals surface area contributed by atoms with Crippen LogP contribution in [0.4, 0.5) is 13.2 Å². The summed E-state index contributed by atoms with van der Waals surface area (Å²) in [5.41, 5.74) is 0.860. The molecule has 12 heteroatoms. The SMILES string of the molecule is COc1cc(CO)cc2c1OC1C2C(C(=O)NCCO)=CC(N(CC(F)(F)F)C(=O)CC2CCCC2)C1O. The number of aliphatic hydroxyl groups is 3. The summed E-state index contributed by atoms with van der Waals surface area (Å²) in [6.07, 6.45) is -3.10. The van der Waals surface area contributed by atoms with Crippen molar-refractivity contribution >= 4 is 11.8 Å². The van der Waals surface area contributed by atoms with Gasteiger partial charge in [0.25, 0.3) is 0 Å². The highest BCUT2D eigenvalue weighted by molar-refractivity contribution is 5.96. The van der Waals surface area contributed by atoms with E-state index in [0.29, 0.717) is 16.0 Å². The number of hydrogen-bond acceptors (Lipinski definition) is 7. The molecular formula is C26H33F3N2O7. The summed E-state index contributed by atoms with van der Waals surface area (Å²) in [4.78, 5) is 27.0. The molecule has 4 atom stereocenters. The fourth-order valence-corrected chi connectivity index (χ4v) is 5.75. The van der Waals surface area contributed by atoms with Crippen molar-refractivity contribution in [2.75, 3.05) is 26.8 Å². The van der Waals surface area contributed by atoms with E-state index in [0.717, 1.165) is 25.7 Å². The van der Waals surface area contributed by atoms with E-state index in [1.807, 2.05) is 0 Å². The molecule has 1 aromatic carbocycles. The van der Waals surface area contributed by atoms with E-state index in [-0.39, 0.29) is 49.2 Å². The van der Waals surface area contributed by atoms with Crippen LogP contribution in [0.3, 0.4) is 0 Å². The average molecular weight is 543 g/mol. The van der Waals surface area contributed by atoms with E-state index in [4.69, 9.17) is 9.47 Å². The van der Waals surface area contributed by atoms with E-state index in [9.17, 15) is 38.1 Å². The zero-order valence-electron chi connectivity index (χ0n) is 21.0. The normalized spacial score (nSPS) is 24.8. The lowest BCUT2D eigenvalue weighted by molar-refractivity contribution is -0.170. The van der Waals surface area contributed by atoms with Crippen LogP contribution in [0.5, 0.6) is 11.5 Å². The largest absolute Gasteiger partial charge is 0.493 e. The second-order valence-electron chi connectivity index (χ2n) is 10.0. The Morgan fingerprint density at radius 1 is 1.21 bits per heavy atom. The Morgan fingerprint density at radius 2 is 1.92 bits per heavy atom. The molecule has 0 spiro atoms. The van der Waals surface area contributed by atoms with Crippen LogP contribution in [0.25, 0.3) is 0 Å². The highest BCUT2D eigenvalue weighted by Crippen LogP contribution is 2.51. The molecule has 9 nitrogen and oxygen atoms in total. The Kier molecular flexibility index (Phi) is 8.53. The number of fused-ring (bicyclic) bond motifs is 3. The lowest BCUT2D eigenvalue weighted by Crippen LogP contribution is -2.57. The summed E-state index contributed by atoms with van der Waals surface area (Å²) in [5.74, 6) is -1.95. The summed E-state index contributed by atoms with van der Waals surface area (Å²) >= 11 is 0. The first kappa shape index (κ1) is 28.2. The van der Waals surface area contributed by atoms with Gasteiger partial charge < -0.3 is 35.0 Å². The predicted octanol–water partition coefficient (Wildman–Crippen LogP) is 1.78. The fraction of sp³-hybridized carbons (Fsp3) is 0.615. The van der Waals surface area contributed by atoms with Crippen LogP contribution >= 0.6 is 0 Å². The van der Waals surface area contributed by atoms with Gasteiger partial charge in [-0.3, -0.25) is 9.59 Å². The van der Waals surface area contributed by atoms with E-state index in [1.54, 1.807) is 6.07 Å². The molecule has 1 heterocycles. The number of amides is 2. The first-order valence-electron chi connectivity index (χ1n) is 12.7. The van der Waals surface area contributed by atoms with Gasteiger partial charge in [-0.2, -0.15) is 13.2 Å². The van der Waals surface area contributed by atoms with Crippen LogP contribution < -0.4 is 14.8 Å². The molecule has 0 radical (unpaired) electrons. The Labute approximate surface area is 218 Å². The van der Waals surface area contributed by atoms with Crippen molar-refractivity contribution < 1.29 is 47.6 Å². The van der Waals surface area contributed by atoms with Gasteiger partial charge in [-0.1, -0.05) is 12.8 Å². The number of alkyl halides is 3. The summed E-state index contributed by atoms with van der Waals surface area (Å²) in [6.45, 7) is -2.42. The number of benzene rings is 1. The maximum Gasteiger partial charge on any atom is 0.406 e. The number of carbonyl (C=O) groups is 2. The minimum atomic E-state index is -4.74. The standard InChI is InChI=1S/C26H33F3N2O7/c1-37-19-9-15(12-33)8-16-21-17(25(36)30-6-7-32)11-18(22(35)24(21)38-23(16)19)31(13-26(27,28)29)20(34)10-14-4-2-3-5-14/h8-9,11,14,18,21-22,24,32-33,35H,2-7,10,12-13H2,1H3,(H,30,36). The maximum absolute atomic E-state index is 13.7. The molecule has 1 aliphatic heterocycles. The molecule has 1 fully saturated rings. The second kappa shape index (κ2) is 11.5. The third-order valence-electron chi connectivity index (χ3n) is 7.46. The predicted molar refractivity (Wildman–Crippen MR) is 128 cm³/mol. The van der Waals surface area contributed by atoms with Crippen molar-refractivity contribution in [2.45, 2.75) is 69.1 Å². The third kappa shape index (κ3) is 5.76. The maximum atomic E-state index is 13.7. The van der Waals surface area contributed by atoms with Crippen molar-refractivity contribution in [3.8, 4) is 11.5 Å². The molecule has 38 heavy (non-hydrogen) atoms. The van der Waals surface area contributed by atoms with Crippen LogP contribution in [0.1, 0.15) is 49.1 Å². The number of halogens is 3. The van der Waals surface area contributed by atoms with Gasteiger partial charge in [0.15, 0.2) is 11.5 Å². The highest BCUT2D eigenvalue weighted by atomic mass is 19.4. The Bertz CT molecular complexity index is 1070. The Hall–Kier alpha value is -2.83. The van der Waals surface area contributed by atoms with Gasteiger partial charge in [0, 0.05) is 24.1 Å². The molecule has 0 aromatic heterocycles. The van der Waals surface area contributed by atoms with Crippen LogP contribution in [0, 0.1) is 5.92 Å². The summed E-state index contributed by atoms with van der Waals surface area (Å²) in [6, 6.07) is 1.62. The number of nitrogens with one attached hydrogen (secondary N) is 1. The first-order valence-corrected chi connectivity index (χ1v) is 12.7. The molecule has 2 aliphatic carbocycles. The topological polar surface area (TPSA) is 129 Å². The highest BCUT2D eigenvalue weighted by Gasteiger charge is 2.52. The average Bonchev–Trinajstić information content (AvgIpc) is 3.53. The number of carbonyl (C=O) groups excluding carboxylic acids is 2. The Morgan fingerprint density at radius 3 is 2.53 bits per heavy atom. The molecule has 4 unspecified atom stereocenters. The van der Waals surface area contributed by atoms with E-state index >= 15 is 0 Å². The lowest BCUT2D eigenvalue weighted by Gasteiger charge is -2.41. The molecule has 4 N–H and O–H groups in total. The van der Waals surface area contributed by atoms with E-state index < -0.39 is 48.7 Å². The van der Waals surface area contributed by atoms with Gasteiger partial charge in [-0.05, 0) is 42.5 Å². The number of methoxy groups -OCH3 is 1. The van der Waals surface area contributed by atoms with Gasteiger partial charge in [-0.15, -0.1) is 0 Å². The molecule has 2 amide bonds.